The summed E-state index contributed by atoms with van der Waals surface area (Å²) in [5.41, 5.74) is 4.73. The fourth-order valence-electron chi connectivity index (χ4n) is 5.32. The smallest absolute Gasteiger partial charge is 0.0543 e. The molecule has 1 heteroatoms. The molecule has 0 unspecified atom stereocenters. The lowest BCUT2D eigenvalue weighted by Gasteiger charge is -2.15. The molecule has 0 bridgehead atoms. The maximum Gasteiger partial charge on any atom is 0.0543 e. The standard InChI is InChI=1S/C34H23N/c1-4-12-28-26(11-1)22-33(32-16-8-7-15-31(28)32)23-17-19-27(20-18-23)35-34-29-13-5-2-9-24(29)21-25-10-3-6-14-30(25)34/h1-22,35H. The lowest BCUT2D eigenvalue weighted by Crippen LogP contribution is -1.93. The summed E-state index contributed by atoms with van der Waals surface area (Å²) in [6.45, 7) is 0. The fourth-order valence-corrected chi connectivity index (χ4v) is 5.32. The molecule has 7 aromatic rings. The van der Waals surface area contributed by atoms with E-state index >= 15 is 0 Å². The van der Waals surface area contributed by atoms with E-state index in [-0.39, 0.29) is 0 Å². The van der Waals surface area contributed by atoms with Crippen molar-refractivity contribution in [1.82, 2.24) is 0 Å². The summed E-state index contributed by atoms with van der Waals surface area (Å²) in [6.07, 6.45) is 0. The van der Waals surface area contributed by atoms with Gasteiger partial charge in [0, 0.05) is 16.5 Å². The molecule has 0 radical (unpaired) electrons. The van der Waals surface area contributed by atoms with Crippen LogP contribution in [0.15, 0.2) is 133 Å². The van der Waals surface area contributed by atoms with Crippen molar-refractivity contribution in [2.24, 2.45) is 0 Å². The highest BCUT2D eigenvalue weighted by atomic mass is 14.9. The van der Waals surface area contributed by atoms with Crippen LogP contribution >= 0.6 is 0 Å². The number of benzene rings is 7. The van der Waals surface area contributed by atoms with E-state index in [2.05, 4.69) is 139 Å². The number of anilines is 2. The van der Waals surface area contributed by atoms with Crippen molar-refractivity contribution in [1.29, 1.82) is 0 Å². The van der Waals surface area contributed by atoms with Crippen molar-refractivity contribution in [3.05, 3.63) is 133 Å². The van der Waals surface area contributed by atoms with E-state index in [1.165, 1.54) is 54.2 Å². The molecule has 35 heavy (non-hydrogen) atoms. The van der Waals surface area contributed by atoms with Crippen molar-refractivity contribution in [3.8, 4) is 11.1 Å². The number of fused-ring (bicyclic) bond motifs is 5. The Kier molecular flexibility index (Phi) is 4.53. The van der Waals surface area contributed by atoms with E-state index in [9.17, 15) is 0 Å². The first-order valence-electron chi connectivity index (χ1n) is 12.0. The van der Waals surface area contributed by atoms with Gasteiger partial charge in [-0.1, -0.05) is 109 Å². The Morgan fingerprint density at radius 3 is 1.49 bits per heavy atom. The summed E-state index contributed by atoms with van der Waals surface area (Å²) in [6, 6.07) is 47.9. The molecule has 0 amide bonds. The monoisotopic (exact) mass is 445 g/mol. The van der Waals surface area contributed by atoms with E-state index in [1.54, 1.807) is 0 Å². The zero-order valence-electron chi connectivity index (χ0n) is 19.2. The Bertz CT molecular complexity index is 1810. The van der Waals surface area contributed by atoms with E-state index in [1.807, 2.05) is 0 Å². The van der Waals surface area contributed by atoms with Crippen LogP contribution in [-0.4, -0.2) is 0 Å². The van der Waals surface area contributed by atoms with Gasteiger partial charge in [0.25, 0.3) is 0 Å². The van der Waals surface area contributed by atoms with Crippen LogP contribution in [0.1, 0.15) is 0 Å². The van der Waals surface area contributed by atoms with Crippen molar-refractivity contribution < 1.29 is 0 Å². The van der Waals surface area contributed by atoms with Crippen LogP contribution in [0.2, 0.25) is 0 Å². The van der Waals surface area contributed by atoms with Crippen LogP contribution in [0.25, 0.3) is 54.2 Å². The highest BCUT2D eigenvalue weighted by Crippen LogP contribution is 2.37. The van der Waals surface area contributed by atoms with Crippen molar-refractivity contribution in [2.45, 2.75) is 0 Å². The molecule has 1 nitrogen and oxygen atoms in total. The predicted molar refractivity (Wildman–Crippen MR) is 152 cm³/mol. The molecule has 7 rings (SSSR count). The van der Waals surface area contributed by atoms with Gasteiger partial charge in [0.1, 0.15) is 0 Å². The van der Waals surface area contributed by atoms with Gasteiger partial charge in [0.2, 0.25) is 0 Å². The molecule has 0 aliphatic carbocycles. The fraction of sp³-hybridized carbons (Fsp3) is 0. The second-order valence-corrected chi connectivity index (χ2v) is 9.09. The average molecular weight is 446 g/mol. The van der Waals surface area contributed by atoms with Crippen molar-refractivity contribution in [3.63, 3.8) is 0 Å². The van der Waals surface area contributed by atoms with Gasteiger partial charge in [0.05, 0.1) is 5.69 Å². The number of hydrogen-bond donors (Lipinski definition) is 1. The Balaban J connectivity index is 1.34. The van der Waals surface area contributed by atoms with Crippen LogP contribution in [-0.2, 0) is 0 Å². The molecule has 0 aliphatic heterocycles. The molecular weight excluding hydrogens is 422 g/mol. The van der Waals surface area contributed by atoms with Gasteiger partial charge in [-0.05, 0) is 67.7 Å². The molecule has 164 valence electrons. The molecule has 7 aromatic carbocycles. The minimum atomic E-state index is 1.08. The first-order valence-corrected chi connectivity index (χ1v) is 12.0. The lowest BCUT2D eigenvalue weighted by atomic mass is 9.93. The lowest BCUT2D eigenvalue weighted by molar-refractivity contribution is 1.59. The Labute approximate surface area is 204 Å². The molecule has 0 saturated carbocycles. The van der Waals surface area contributed by atoms with Gasteiger partial charge < -0.3 is 5.32 Å². The quantitative estimate of drug-likeness (QED) is 0.211. The summed E-state index contributed by atoms with van der Waals surface area (Å²) < 4.78 is 0. The topological polar surface area (TPSA) is 12.0 Å². The van der Waals surface area contributed by atoms with E-state index in [0.717, 1.165) is 11.4 Å². The minimum absolute atomic E-state index is 1.08. The van der Waals surface area contributed by atoms with Gasteiger partial charge in [-0.3, -0.25) is 0 Å². The molecule has 0 heterocycles. The van der Waals surface area contributed by atoms with Gasteiger partial charge in [-0.2, -0.15) is 0 Å². The number of nitrogens with one attached hydrogen (secondary N) is 1. The molecule has 0 aromatic heterocycles. The summed E-state index contributed by atoms with van der Waals surface area (Å²) in [7, 11) is 0. The van der Waals surface area contributed by atoms with E-state index in [4.69, 9.17) is 0 Å². The summed E-state index contributed by atoms with van der Waals surface area (Å²) >= 11 is 0. The van der Waals surface area contributed by atoms with Gasteiger partial charge in [0.15, 0.2) is 0 Å². The Hall–Kier alpha value is -4.62. The minimum Gasteiger partial charge on any atom is -0.355 e. The van der Waals surface area contributed by atoms with Crippen LogP contribution in [0.4, 0.5) is 11.4 Å². The normalized spacial score (nSPS) is 11.4. The predicted octanol–water partition coefficient (Wildman–Crippen LogP) is 9.71. The highest BCUT2D eigenvalue weighted by molar-refractivity contribution is 6.14. The first kappa shape index (κ1) is 19.8. The molecule has 0 fully saturated rings. The van der Waals surface area contributed by atoms with E-state index in [0.29, 0.717) is 0 Å². The molecular formula is C34H23N. The number of hydrogen-bond acceptors (Lipinski definition) is 1. The Morgan fingerprint density at radius 2 is 0.857 bits per heavy atom. The largest absolute Gasteiger partial charge is 0.355 e. The summed E-state index contributed by atoms with van der Waals surface area (Å²) in [4.78, 5) is 0. The number of rotatable bonds is 3. The highest BCUT2D eigenvalue weighted by Gasteiger charge is 2.10. The summed E-state index contributed by atoms with van der Waals surface area (Å²) in [5, 5.41) is 13.8. The average Bonchev–Trinajstić information content (AvgIpc) is 2.93. The molecule has 0 spiro atoms. The van der Waals surface area contributed by atoms with Gasteiger partial charge in [-0.15, -0.1) is 0 Å². The second-order valence-electron chi connectivity index (χ2n) is 9.09. The SMILES string of the molecule is c1ccc2c(Nc3ccc(-c4cc5ccccc5c5ccccc45)cc3)c3ccccc3cc2c1. The van der Waals surface area contributed by atoms with Crippen LogP contribution in [0.5, 0.6) is 0 Å². The van der Waals surface area contributed by atoms with Crippen LogP contribution in [0, 0.1) is 0 Å². The molecule has 0 atom stereocenters. The summed E-state index contributed by atoms with van der Waals surface area (Å²) in [5.74, 6) is 0. The van der Waals surface area contributed by atoms with E-state index < -0.39 is 0 Å². The first-order chi connectivity index (χ1) is 17.3. The van der Waals surface area contributed by atoms with Gasteiger partial charge >= 0.3 is 0 Å². The maximum atomic E-state index is 3.74. The third kappa shape index (κ3) is 3.33. The van der Waals surface area contributed by atoms with Crippen LogP contribution in [0.3, 0.4) is 0 Å². The van der Waals surface area contributed by atoms with Crippen molar-refractivity contribution in [2.75, 3.05) is 5.32 Å². The molecule has 0 saturated heterocycles. The Morgan fingerprint density at radius 1 is 0.371 bits per heavy atom. The molecule has 1 N–H and O–H groups in total. The van der Waals surface area contributed by atoms with Crippen LogP contribution < -0.4 is 5.32 Å². The zero-order chi connectivity index (χ0) is 23.2. The van der Waals surface area contributed by atoms with Crippen molar-refractivity contribution >= 4 is 54.5 Å². The maximum absolute atomic E-state index is 3.74. The second kappa shape index (κ2) is 8.00. The third-order valence-corrected chi connectivity index (χ3v) is 7.00. The van der Waals surface area contributed by atoms with Gasteiger partial charge in [-0.25, -0.2) is 0 Å². The zero-order valence-corrected chi connectivity index (χ0v) is 19.2. The molecule has 0 aliphatic rings. The third-order valence-electron chi connectivity index (χ3n) is 7.00.